The first-order valence-corrected chi connectivity index (χ1v) is 9.07. The Bertz CT molecular complexity index is 841. The lowest BCUT2D eigenvalue weighted by Gasteiger charge is -2.12. The second-order valence-corrected chi connectivity index (χ2v) is 7.24. The van der Waals surface area contributed by atoms with Crippen LogP contribution >= 0.6 is 0 Å². The van der Waals surface area contributed by atoms with Crippen molar-refractivity contribution in [3.05, 3.63) is 54.6 Å². The minimum atomic E-state index is 0.203. The van der Waals surface area contributed by atoms with Gasteiger partial charge in [0.05, 0.1) is 12.6 Å². The van der Waals surface area contributed by atoms with E-state index < -0.39 is 0 Å². The summed E-state index contributed by atoms with van der Waals surface area (Å²) in [6.07, 6.45) is 9.54. The molecule has 136 valence electrons. The van der Waals surface area contributed by atoms with Crippen molar-refractivity contribution in [2.75, 3.05) is 0 Å². The van der Waals surface area contributed by atoms with Crippen LogP contribution in [-0.2, 0) is 6.54 Å². The van der Waals surface area contributed by atoms with Crippen molar-refractivity contribution < 1.29 is 4.52 Å². The molecular formula is C19H24N6O. The van der Waals surface area contributed by atoms with Crippen molar-refractivity contribution in [3.8, 4) is 11.3 Å². The van der Waals surface area contributed by atoms with E-state index in [2.05, 4.69) is 44.4 Å². The van der Waals surface area contributed by atoms with Gasteiger partial charge in [0, 0.05) is 42.5 Å². The second kappa shape index (κ2) is 7.39. The first-order valence-electron chi connectivity index (χ1n) is 9.07. The van der Waals surface area contributed by atoms with Gasteiger partial charge in [0.2, 0.25) is 0 Å². The van der Waals surface area contributed by atoms with Crippen molar-refractivity contribution in [1.29, 1.82) is 0 Å². The summed E-state index contributed by atoms with van der Waals surface area (Å²) in [7, 11) is 0. The van der Waals surface area contributed by atoms with Crippen molar-refractivity contribution in [2.45, 2.75) is 45.3 Å². The average molecular weight is 352 g/mol. The highest BCUT2D eigenvalue weighted by Gasteiger charge is 2.28. The highest BCUT2D eigenvalue weighted by atomic mass is 16.5. The van der Waals surface area contributed by atoms with E-state index in [0.29, 0.717) is 18.5 Å². The minimum absolute atomic E-state index is 0.203. The van der Waals surface area contributed by atoms with Crippen LogP contribution in [0.2, 0.25) is 0 Å². The van der Waals surface area contributed by atoms with Gasteiger partial charge >= 0.3 is 0 Å². The fraction of sp³-hybridized carbons (Fsp3) is 0.421. The third kappa shape index (κ3) is 3.68. The molecule has 3 aromatic rings. The van der Waals surface area contributed by atoms with Gasteiger partial charge in [0.1, 0.15) is 11.5 Å². The Morgan fingerprint density at radius 1 is 1.31 bits per heavy atom. The number of nitrogens with zero attached hydrogens (tertiary/aromatic N) is 4. The van der Waals surface area contributed by atoms with Gasteiger partial charge in [-0.25, -0.2) is 10.4 Å². The Morgan fingerprint density at radius 2 is 2.23 bits per heavy atom. The van der Waals surface area contributed by atoms with Crippen LogP contribution in [0.25, 0.3) is 11.3 Å². The zero-order valence-corrected chi connectivity index (χ0v) is 15.1. The quantitative estimate of drug-likeness (QED) is 0.710. The minimum Gasteiger partial charge on any atom is -0.359 e. The third-order valence-electron chi connectivity index (χ3n) is 4.64. The Balaban J connectivity index is 1.46. The van der Waals surface area contributed by atoms with Crippen molar-refractivity contribution >= 4 is 0 Å². The monoisotopic (exact) mass is 352 g/mol. The van der Waals surface area contributed by atoms with Crippen LogP contribution in [0.4, 0.5) is 0 Å². The van der Waals surface area contributed by atoms with Gasteiger partial charge in [-0.05, 0) is 30.9 Å². The molecule has 4 heterocycles. The van der Waals surface area contributed by atoms with E-state index in [0.717, 1.165) is 35.7 Å². The van der Waals surface area contributed by atoms with Crippen molar-refractivity contribution in [2.24, 2.45) is 5.92 Å². The predicted molar refractivity (Wildman–Crippen MR) is 97.9 cm³/mol. The van der Waals surface area contributed by atoms with Gasteiger partial charge in [-0.3, -0.25) is 10.4 Å². The van der Waals surface area contributed by atoms with Crippen LogP contribution in [-0.4, -0.2) is 25.7 Å². The zero-order chi connectivity index (χ0) is 17.9. The Kier molecular flexibility index (Phi) is 4.81. The fourth-order valence-corrected chi connectivity index (χ4v) is 3.49. The topological polar surface area (TPSA) is 80.8 Å². The summed E-state index contributed by atoms with van der Waals surface area (Å²) < 4.78 is 7.64. The van der Waals surface area contributed by atoms with Crippen LogP contribution in [0, 0.1) is 5.92 Å². The summed E-state index contributed by atoms with van der Waals surface area (Å²) in [5, 5.41) is 4.16. The molecule has 2 atom stereocenters. The Labute approximate surface area is 152 Å². The number of aromatic nitrogens is 4. The molecule has 2 N–H and O–H groups in total. The SMILES string of the molecule is CC(C)CC1CC(c2nccn2Cc2cc(-c3cccnc3)no2)NN1. The summed E-state index contributed by atoms with van der Waals surface area (Å²) in [6.45, 7) is 5.11. The molecule has 0 bridgehead atoms. The number of rotatable bonds is 6. The maximum Gasteiger partial charge on any atom is 0.157 e. The molecule has 1 fully saturated rings. The Morgan fingerprint density at radius 3 is 3.04 bits per heavy atom. The third-order valence-corrected chi connectivity index (χ3v) is 4.64. The summed E-state index contributed by atoms with van der Waals surface area (Å²) in [5.74, 6) is 2.49. The summed E-state index contributed by atoms with van der Waals surface area (Å²) in [4.78, 5) is 8.69. The molecule has 0 aromatic carbocycles. The number of hydrogen-bond acceptors (Lipinski definition) is 6. The first-order chi connectivity index (χ1) is 12.7. The lowest BCUT2D eigenvalue weighted by molar-refractivity contribution is 0.374. The van der Waals surface area contributed by atoms with Crippen LogP contribution < -0.4 is 10.9 Å². The van der Waals surface area contributed by atoms with E-state index >= 15 is 0 Å². The highest BCUT2D eigenvalue weighted by Crippen LogP contribution is 2.25. The molecule has 1 aliphatic heterocycles. The molecule has 1 saturated heterocycles. The van der Waals surface area contributed by atoms with E-state index in [1.807, 2.05) is 30.6 Å². The molecule has 7 nitrogen and oxygen atoms in total. The van der Waals surface area contributed by atoms with E-state index in [4.69, 9.17) is 4.52 Å². The number of pyridine rings is 1. The van der Waals surface area contributed by atoms with E-state index in [1.165, 1.54) is 0 Å². The van der Waals surface area contributed by atoms with Gasteiger partial charge in [-0.1, -0.05) is 19.0 Å². The first kappa shape index (κ1) is 16.9. The maximum atomic E-state index is 5.52. The zero-order valence-electron chi connectivity index (χ0n) is 15.1. The van der Waals surface area contributed by atoms with Crippen LogP contribution in [0.15, 0.2) is 47.5 Å². The van der Waals surface area contributed by atoms with E-state index in [-0.39, 0.29) is 6.04 Å². The lowest BCUT2D eigenvalue weighted by Crippen LogP contribution is -2.32. The molecule has 26 heavy (non-hydrogen) atoms. The molecule has 0 aliphatic carbocycles. The van der Waals surface area contributed by atoms with Gasteiger partial charge in [-0.2, -0.15) is 0 Å². The number of hydrogen-bond donors (Lipinski definition) is 2. The van der Waals surface area contributed by atoms with Crippen LogP contribution in [0.5, 0.6) is 0 Å². The van der Waals surface area contributed by atoms with E-state index in [1.54, 1.807) is 12.4 Å². The number of hydrazine groups is 1. The van der Waals surface area contributed by atoms with Crippen LogP contribution in [0.3, 0.4) is 0 Å². The number of imidazole rings is 1. The smallest absolute Gasteiger partial charge is 0.157 e. The van der Waals surface area contributed by atoms with Gasteiger partial charge < -0.3 is 9.09 Å². The molecule has 1 aliphatic rings. The summed E-state index contributed by atoms with van der Waals surface area (Å²) in [6, 6.07) is 6.51. The molecule has 0 amide bonds. The standard InChI is InChI=1S/C19H24N6O/c1-13(2)8-15-9-18(23-22-15)19-21-6-7-25(19)12-16-10-17(24-26-16)14-4-3-5-20-11-14/h3-7,10-11,13,15,18,22-23H,8-9,12H2,1-2H3. The molecule has 7 heteroatoms. The van der Waals surface area contributed by atoms with Gasteiger partial charge in [0.25, 0.3) is 0 Å². The average Bonchev–Trinajstić information content (AvgIpc) is 3.36. The fourth-order valence-electron chi connectivity index (χ4n) is 3.49. The van der Waals surface area contributed by atoms with Gasteiger partial charge in [0.15, 0.2) is 5.76 Å². The molecular weight excluding hydrogens is 328 g/mol. The molecule has 2 unspecified atom stereocenters. The molecule has 4 rings (SSSR count). The van der Waals surface area contributed by atoms with Crippen molar-refractivity contribution in [1.82, 2.24) is 30.5 Å². The maximum absolute atomic E-state index is 5.52. The summed E-state index contributed by atoms with van der Waals surface area (Å²) in [5.41, 5.74) is 8.53. The predicted octanol–water partition coefficient (Wildman–Crippen LogP) is 2.94. The lowest BCUT2D eigenvalue weighted by atomic mass is 10.00. The van der Waals surface area contributed by atoms with E-state index in [9.17, 15) is 0 Å². The molecule has 0 spiro atoms. The second-order valence-electron chi connectivity index (χ2n) is 7.24. The van der Waals surface area contributed by atoms with Crippen molar-refractivity contribution in [3.63, 3.8) is 0 Å². The molecule has 0 saturated carbocycles. The molecule has 3 aromatic heterocycles. The Hall–Kier alpha value is -2.51. The normalized spacial score (nSPS) is 20.1. The number of nitrogens with one attached hydrogen (secondary N) is 2. The van der Waals surface area contributed by atoms with Crippen LogP contribution in [0.1, 0.15) is 44.3 Å². The highest BCUT2D eigenvalue weighted by molar-refractivity contribution is 5.57. The van der Waals surface area contributed by atoms with Gasteiger partial charge in [-0.15, -0.1) is 0 Å². The largest absolute Gasteiger partial charge is 0.359 e. The summed E-state index contributed by atoms with van der Waals surface area (Å²) >= 11 is 0. The molecule has 0 radical (unpaired) electrons.